The monoisotopic (exact) mass is 158 g/mol. The lowest BCUT2D eigenvalue weighted by Crippen LogP contribution is -2.42. The van der Waals surface area contributed by atoms with E-state index < -0.39 is 0 Å². The van der Waals surface area contributed by atoms with Crippen LogP contribution < -0.4 is 0 Å². The summed E-state index contributed by atoms with van der Waals surface area (Å²) < 4.78 is 10.8. The second-order valence-electron chi connectivity index (χ2n) is 3.72. The maximum absolute atomic E-state index is 5.51. The van der Waals surface area contributed by atoms with E-state index in [1.807, 2.05) is 0 Å². The maximum atomic E-state index is 5.51. The number of ether oxygens (including phenoxy) is 2. The Balaban J connectivity index is 2.45. The van der Waals surface area contributed by atoms with Gasteiger partial charge in [-0.1, -0.05) is 13.3 Å². The fourth-order valence-electron chi connectivity index (χ4n) is 1.48. The SMILES string of the molecule is CCCC1COCOC1(C)C. The zero-order valence-electron chi connectivity index (χ0n) is 7.72. The van der Waals surface area contributed by atoms with Crippen molar-refractivity contribution < 1.29 is 9.47 Å². The molecule has 0 aromatic carbocycles. The average molecular weight is 158 g/mol. The first-order valence-electron chi connectivity index (χ1n) is 4.38. The molecule has 0 aromatic heterocycles. The lowest BCUT2D eigenvalue weighted by atomic mass is 9.87. The first-order chi connectivity index (χ1) is 5.17. The molecule has 1 rings (SSSR count). The van der Waals surface area contributed by atoms with Crippen LogP contribution in [0.25, 0.3) is 0 Å². The third kappa shape index (κ3) is 2.17. The van der Waals surface area contributed by atoms with Crippen LogP contribution in [-0.2, 0) is 9.47 Å². The fourth-order valence-corrected chi connectivity index (χ4v) is 1.48. The predicted octanol–water partition coefficient (Wildman–Crippen LogP) is 2.19. The van der Waals surface area contributed by atoms with Crippen LogP contribution in [0.1, 0.15) is 33.6 Å². The highest BCUT2D eigenvalue weighted by Crippen LogP contribution is 2.29. The molecule has 11 heavy (non-hydrogen) atoms. The van der Waals surface area contributed by atoms with Gasteiger partial charge in [0.15, 0.2) is 0 Å². The van der Waals surface area contributed by atoms with Gasteiger partial charge in [-0.3, -0.25) is 0 Å². The molecule has 1 atom stereocenters. The molecule has 0 radical (unpaired) electrons. The molecule has 0 amide bonds. The van der Waals surface area contributed by atoms with Crippen LogP contribution in [0, 0.1) is 5.92 Å². The van der Waals surface area contributed by atoms with E-state index in [1.54, 1.807) is 0 Å². The second-order valence-corrected chi connectivity index (χ2v) is 3.72. The Morgan fingerprint density at radius 2 is 2.18 bits per heavy atom. The third-order valence-corrected chi connectivity index (χ3v) is 2.45. The minimum absolute atomic E-state index is 0.0221. The standard InChI is InChI=1S/C9H18O2/c1-4-5-8-6-10-7-11-9(8,2)3/h8H,4-7H2,1-3H3. The van der Waals surface area contributed by atoms with Gasteiger partial charge in [0.2, 0.25) is 0 Å². The van der Waals surface area contributed by atoms with E-state index in [0.717, 1.165) is 6.61 Å². The van der Waals surface area contributed by atoms with Gasteiger partial charge in [-0.05, 0) is 20.3 Å². The quantitative estimate of drug-likeness (QED) is 0.613. The smallest absolute Gasteiger partial charge is 0.147 e. The molecule has 66 valence electrons. The zero-order valence-corrected chi connectivity index (χ0v) is 7.72. The Hall–Kier alpha value is -0.0800. The minimum Gasteiger partial charge on any atom is -0.355 e. The van der Waals surface area contributed by atoms with Crippen LogP contribution in [0.3, 0.4) is 0 Å². The van der Waals surface area contributed by atoms with Crippen LogP contribution >= 0.6 is 0 Å². The summed E-state index contributed by atoms with van der Waals surface area (Å²) in [5.74, 6) is 0.571. The molecule has 2 heteroatoms. The number of hydrogen-bond acceptors (Lipinski definition) is 2. The molecule has 2 nitrogen and oxygen atoms in total. The first kappa shape index (κ1) is 9.01. The van der Waals surface area contributed by atoms with E-state index in [0.29, 0.717) is 12.7 Å². The minimum atomic E-state index is 0.0221. The predicted molar refractivity (Wildman–Crippen MR) is 44.4 cm³/mol. The summed E-state index contributed by atoms with van der Waals surface area (Å²) in [6, 6.07) is 0. The van der Waals surface area contributed by atoms with E-state index in [4.69, 9.17) is 9.47 Å². The van der Waals surface area contributed by atoms with Crippen molar-refractivity contribution in [2.45, 2.75) is 39.2 Å². The molecule has 1 heterocycles. The highest BCUT2D eigenvalue weighted by molar-refractivity contribution is 4.80. The van der Waals surface area contributed by atoms with Crippen molar-refractivity contribution in [3.8, 4) is 0 Å². The lowest BCUT2D eigenvalue weighted by Gasteiger charge is -2.38. The largest absolute Gasteiger partial charge is 0.355 e. The Morgan fingerprint density at radius 1 is 1.45 bits per heavy atom. The Morgan fingerprint density at radius 3 is 2.73 bits per heavy atom. The van der Waals surface area contributed by atoms with Crippen LogP contribution in [0.2, 0.25) is 0 Å². The summed E-state index contributed by atoms with van der Waals surface area (Å²) >= 11 is 0. The third-order valence-electron chi connectivity index (χ3n) is 2.45. The zero-order chi connectivity index (χ0) is 8.32. The van der Waals surface area contributed by atoms with Gasteiger partial charge < -0.3 is 9.47 Å². The second kappa shape index (κ2) is 3.55. The number of rotatable bonds is 2. The van der Waals surface area contributed by atoms with Crippen molar-refractivity contribution in [1.29, 1.82) is 0 Å². The fraction of sp³-hybridized carbons (Fsp3) is 1.00. The van der Waals surface area contributed by atoms with Crippen molar-refractivity contribution in [2.75, 3.05) is 13.4 Å². The molecule has 0 N–H and O–H groups in total. The Labute approximate surface area is 68.9 Å². The van der Waals surface area contributed by atoms with Crippen LogP contribution in [0.5, 0.6) is 0 Å². The van der Waals surface area contributed by atoms with Gasteiger partial charge in [-0.25, -0.2) is 0 Å². The van der Waals surface area contributed by atoms with Crippen LogP contribution in [-0.4, -0.2) is 19.0 Å². The molecule has 1 unspecified atom stereocenters. The van der Waals surface area contributed by atoms with Crippen molar-refractivity contribution >= 4 is 0 Å². The molecule has 1 fully saturated rings. The average Bonchev–Trinajstić information content (AvgIpc) is 1.94. The van der Waals surface area contributed by atoms with Gasteiger partial charge in [0.25, 0.3) is 0 Å². The van der Waals surface area contributed by atoms with Gasteiger partial charge in [-0.2, -0.15) is 0 Å². The Bertz CT molecular complexity index is 119. The van der Waals surface area contributed by atoms with Gasteiger partial charge in [0.1, 0.15) is 6.79 Å². The molecule has 0 saturated carbocycles. The molecular weight excluding hydrogens is 140 g/mol. The van der Waals surface area contributed by atoms with E-state index in [-0.39, 0.29) is 5.60 Å². The summed E-state index contributed by atoms with van der Waals surface area (Å²) in [5, 5.41) is 0. The molecule has 0 spiro atoms. The molecule has 1 aliphatic rings. The highest BCUT2D eigenvalue weighted by atomic mass is 16.7. The lowest BCUT2D eigenvalue weighted by molar-refractivity contribution is -0.212. The normalized spacial score (nSPS) is 30.3. The van der Waals surface area contributed by atoms with Gasteiger partial charge >= 0.3 is 0 Å². The molecule has 1 aliphatic heterocycles. The van der Waals surface area contributed by atoms with Crippen LogP contribution in [0.4, 0.5) is 0 Å². The molecule has 0 bridgehead atoms. The van der Waals surface area contributed by atoms with E-state index >= 15 is 0 Å². The summed E-state index contributed by atoms with van der Waals surface area (Å²) in [6.07, 6.45) is 2.41. The number of hydrogen-bond donors (Lipinski definition) is 0. The van der Waals surface area contributed by atoms with Crippen molar-refractivity contribution in [1.82, 2.24) is 0 Å². The van der Waals surface area contributed by atoms with E-state index in [9.17, 15) is 0 Å². The molecule has 0 aromatic rings. The van der Waals surface area contributed by atoms with Gasteiger partial charge in [0, 0.05) is 5.92 Å². The van der Waals surface area contributed by atoms with Gasteiger partial charge in [-0.15, -0.1) is 0 Å². The molecular formula is C9H18O2. The highest BCUT2D eigenvalue weighted by Gasteiger charge is 2.32. The van der Waals surface area contributed by atoms with Crippen molar-refractivity contribution in [2.24, 2.45) is 5.92 Å². The summed E-state index contributed by atoms with van der Waals surface area (Å²) in [6.45, 7) is 7.82. The Kier molecular flexibility index (Phi) is 2.90. The molecule has 1 saturated heterocycles. The molecule has 0 aliphatic carbocycles. The summed E-state index contributed by atoms with van der Waals surface area (Å²) in [5.41, 5.74) is 0.0221. The first-order valence-corrected chi connectivity index (χ1v) is 4.38. The van der Waals surface area contributed by atoms with Crippen molar-refractivity contribution in [3.05, 3.63) is 0 Å². The topological polar surface area (TPSA) is 18.5 Å². The summed E-state index contributed by atoms with van der Waals surface area (Å²) in [7, 11) is 0. The van der Waals surface area contributed by atoms with Gasteiger partial charge in [0.05, 0.1) is 12.2 Å². The van der Waals surface area contributed by atoms with E-state index in [2.05, 4.69) is 20.8 Å². The van der Waals surface area contributed by atoms with E-state index in [1.165, 1.54) is 12.8 Å². The summed E-state index contributed by atoms with van der Waals surface area (Å²) in [4.78, 5) is 0. The van der Waals surface area contributed by atoms with Crippen molar-refractivity contribution in [3.63, 3.8) is 0 Å². The maximum Gasteiger partial charge on any atom is 0.147 e. The van der Waals surface area contributed by atoms with Crippen LogP contribution in [0.15, 0.2) is 0 Å².